The molecule has 1 aliphatic rings. The van der Waals surface area contributed by atoms with Crippen LogP contribution in [-0.4, -0.2) is 40.5 Å². The Morgan fingerprint density at radius 1 is 1.91 bits per heavy atom. The van der Waals surface area contributed by atoms with Crippen LogP contribution in [0.15, 0.2) is 0 Å². The van der Waals surface area contributed by atoms with Crippen molar-refractivity contribution < 1.29 is 9.90 Å². The predicted molar refractivity (Wildman–Crippen MR) is 42.5 cm³/mol. The van der Waals surface area contributed by atoms with Crippen LogP contribution in [0.3, 0.4) is 0 Å². The van der Waals surface area contributed by atoms with Gasteiger partial charge in [-0.05, 0) is 6.92 Å². The second-order valence-corrected chi connectivity index (χ2v) is 3.50. The zero-order valence-corrected chi connectivity index (χ0v) is 7.21. The van der Waals surface area contributed by atoms with Crippen LogP contribution < -0.4 is 0 Å². The smallest absolute Gasteiger partial charge is 0.224 e. The monoisotopic (exact) mass is 177 g/mol. The Kier molecular flexibility index (Phi) is 2.73. The molecule has 0 aromatic rings. The van der Waals surface area contributed by atoms with Crippen molar-refractivity contribution in [1.29, 1.82) is 0 Å². The van der Waals surface area contributed by atoms with Gasteiger partial charge in [-0.1, -0.05) is 0 Å². The molecule has 0 bridgehead atoms. The summed E-state index contributed by atoms with van der Waals surface area (Å²) in [6.07, 6.45) is 0.409. The first-order chi connectivity index (χ1) is 5.15. The van der Waals surface area contributed by atoms with E-state index in [0.29, 0.717) is 13.0 Å². The number of aliphatic hydroxyl groups is 1. The van der Waals surface area contributed by atoms with Gasteiger partial charge in [0.15, 0.2) is 0 Å². The van der Waals surface area contributed by atoms with Crippen LogP contribution in [0.1, 0.15) is 13.3 Å². The zero-order chi connectivity index (χ0) is 8.43. The number of nitrogens with zero attached hydrogens (tertiary/aromatic N) is 1. The summed E-state index contributed by atoms with van der Waals surface area (Å²) in [4.78, 5) is 12.7. The number of alkyl halides is 1. The molecular formula is C7H12ClNO2. The molecule has 0 radical (unpaired) electrons. The number of likely N-dealkylation sites (tertiary alicyclic amines) is 1. The summed E-state index contributed by atoms with van der Waals surface area (Å²) in [6.45, 7) is 2.39. The highest BCUT2D eigenvalue weighted by Gasteiger charge is 2.30. The van der Waals surface area contributed by atoms with Gasteiger partial charge in [0.2, 0.25) is 5.91 Å². The predicted octanol–water partition coefficient (Wildman–Crippen LogP) is 0.207. The fraction of sp³-hybridized carbons (Fsp3) is 0.857. The Bertz CT molecular complexity index is 163. The lowest BCUT2D eigenvalue weighted by Crippen LogP contribution is -2.36. The molecule has 1 aliphatic heterocycles. The third-order valence-corrected chi connectivity index (χ3v) is 2.20. The molecular weight excluding hydrogens is 166 g/mol. The molecule has 1 N–H and O–H groups in total. The summed E-state index contributed by atoms with van der Waals surface area (Å²) in [7, 11) is 0. The SMILES string of the molecule is CC(CO)N1CC(Cl)CC1=O. The molecule has 1 heterocycles. The second-order valence-electron chi connectivity index (χ2n) is 2.88. The Morgan fingerprint density at radius 2 is 2.55 bits per heavy atom. The molecule has 3 nitrogen and oxygen atoms in total. The number of rotatable bonds is 2. The molecule has 1 amide bonds. The van der Waals surface area contributed by atoms with Crippen molar-refractivity contribution in [2.45, 2.75) is 24.8 Å². The molecule has 1 saturated heterocycles. The highest BCUT2D eigenvalue weighted by atomic mass is 35.5. The third kappa shape index (κ3) is 1.84. The maximum Gasteiger partial charge on any atom is 0.224 e. The van der Waals surface area contributed by atoms with E-state index < -0.39 is 0 Å². The van der Waals surface area contributed by atoms with Crippen LogP contribution in [0.5, 0.6) is 0 Å². The second kappa shape index (κ2) is 3.41. The van der Waals surface area contributed by atoms with Crippen LogP contribution in [0.2, 0.25) is 0 Å². The van der Waals surface area contributed by atoms with E-state index in [9.17, 15) is 4.79 Å². The van der Waals surface area contributed by atoms with Crippen molar-refractivity contribution >= 4 is 17.5 Å². The first-order valence-corrected chi connectivity index (χ1v) is 4.13. The fourth-order valence-electron chi connectivity index (χ4n) is 1.21. The summed E-state index contributed by atoms with van der Waals surface area (Å²) in [5, 5.41) is 8.69. The van der Waals surface area contributed by atoms with Crippen LogP contribution in [0.4, 0.5) is 0 Å². The van der Waals surface area contributed by atoms with Gasteiger partial charge in [0, 0.05) is 13.0 Å². The molecule has 0 aromatic carbocycles. The van der Waals surface area contributed by atoms with Crippen LogP contribution in [-0.2, 0) is 4.79 Å². The molecule has 0 aromatic heterocycles. The lowest BCUT2D eigenvalue weighted by molar-refractivity contribution is -0.130. The molecule has 1 rings (SSSR count). The average Bonchev–Trinajstić information content (AvgIpc) is 2.28. The first-order valence-electron chi connectivity index (χ1n) is 3.69. The number of carbonyl (C=O) groups is 1. The van der Waals surface area contributed by atoms with E-state index in [4.69, 9.17) is 16.7 Å². The van der Waals surface area contributed by atoms with E-state index in [1.165, 1.54) is 0 Å². The Hall–Kier alpha value is -0.280. The lowest BCUT2D eigenvalue weighted by atomic mass is 10.3. The maximum atomic E-state index is 11.1. The molecule has 64 valence electrons. The topological polar surface area (TPSA) is 40.5 Å². The van der Waals surface area contributed by atoms with E-state index in [-0.39, 0.29) is 23.9 Å². The normalized spacial score (nSPS) is 27.7. The minimum absolute atomic E-state index is 0.00927. The highest BCUT2D eigenvalue weighted by molar-refractivity contribution is 6.22. The number of hydrogen-bond donors (Lipinski definition) is 1. The first kappa shape index (κ1) is 8.81. The lowest BCUT2D eigenvalue weighted by Gasteiger charge is -2.21. The van der Waals surface area contributed by atoms with Crippen LogP contribution >= 0.6 is 11.6 Å². The van der Waals surface area contributed by atoms with Gasteiger partial charge in [0.1, 0.15) is 0 Å². The molecule has 2 unspecified atom stereocenters. The summed E-state index contributed by atoms with van der Waals surface area (Å²) in [5.74, 6) is 0.0477. The van der Waals surface area contributed by atoms with Crippen molar-refractivity contribution in [1.82, 2.24) is 4.90 Å². The van der Waals surface area contributed by atoms with Crippen molar-refractivity contribution in [3.8, 4) is 0 Å². The Labute approximate surface area is 70.9 Å². The zero-order valence-electron chi connectivity index (χ0n) is 6.46. The summed E-state index contributed by atoms with van der Waals surface area (Å²) < 4.78 is 0. The van der Waals surface area contributed by atoms with Crippen molar-refractivity contribution in [3.05, 3.63) is 0 Å². The van der Waals surface area contributed by atoms with Gasteiger partial charge in [-0.25, -0.2) is 0 Å². The van der Waals surface area contributed by atoms with Crippen LogP contribution in [0, 0.1) is 0 Å². The van der Waals surface area contributed by atoms with Gasteiger partial charge in [-0.15, -0.1) is 11.6 Å². The van der Waals surface area contributed by atoms with Crippen molar-refractivity contribution in [2.24, 2.45) is 0 Å². The van der Waals surface area contributed by atoms with Gasteiger partial charge in [0.05, 0.1) is 18.0 Å². The molecule has 1 fully saturated rings. The third-order valence-electron chi connectivity index (χ3n) is 1.91. The van der Waals surface area contributed by atoms with E-state index in [2.05, 4.69) is 0 Å². The highest BCUT2D eigenvalue weighted by Crippen LogP contribution is 2.18. The fourth-order valence-corrected chi connectivity index (χ4v) is 1.49. The molecule has 0 aliphatic carbocycles. The molecule has 0 spiro atoms. The summed E-state index contributed by atoms with van der Waals surface area (Å²) in [5.41, 5.74) is 0. The van der Waals surface area contributed by atoms with Gasteiger partial charge < -0.3 is 10.0 Å². The molecule has 0 saturated carbocycles. The van der Waals surface area contributed by atoms with E-state index >= 15 is 0 Å². The van der Waals surface area contributed by atoms with Crippen LogP contribution in [0.25, 0.3) is 0 Å². The number of carbonyl (C=O) groups excluding carboxylic acids is 1. The number of aliphatic hydroxyl groups excluding tert-OH is 1. The maximum absolute atomic E-state index is 11.1. The van der Waals surface area contributed by atoms with E-state index in [1.54, 1.807) is 4.90 Å². The minimum Gasteiger partial charge on any atom is -0.394 e. The quantitative estimate of drug-likeness (QED) is 0.613. The average molecular weight is 178 g/mol. The van der Waals surface area contributed by atoms with Gasteiger partial charge in [-0.2, -0.15) is 0 Å². The Balaban J connectivity index is 2.52. The number of amides is 1. The van der Waals surface area contributed by atoms with E-state index in [1.807, 2.05) is 6.92 Å². The molecule has 11 heavy (non-hydrogen) atoms. The summed E-state index contributed by atoms with van der Waals surface area (Å²) in [6, 6.07) is -0.0914. The van der Waals surface area contributed by atoms with Crippen molar-refractivity contribution in [3.63, 3.8) is 0 Å². The van der Waals surface area contributed by atoms with E-state index in [0.717, 1.165) is 0 Å². The van der Waals surface area contributed by atoms with Gasteiger partial charge >= 0.3 is 0 Å². The largest absolute Gasteiger partial charge is 0.394 e. The Morgan fingerprint density at radius 3 is 2.91 bits per heavy atom. The standard InChI is InChI=1S/C7H12ClNO2/c1-5(4-10)9-3-6(8)2-7(9)11/h5-6,10H,2-4H2,1H3. The van der Waals surface area contributed by atoms with Gasteiger partial charge in [-0.3, -0.25) is 4.79 Å². The van der Waals surface area contributed by atoms with Crippen molar-refractivity contribution in [2.75, 3.05) is 13.2 Å². The molecule has 2 atom stereocenters. The summed E-state index contributed by atoms with van der Waals surface area (Å²) >= 11 is 5.76. The minimum atomic E-state index is -0.0914. The molecule has 4 heteroatoms. The number of hydrogen-bond acceptors (Lipinski definition) is 2. The van der Waals surface area contributed by atoms with Gasteiger partial charge in [0.25, 0.3) is 0 Å². The number of halogens is 1.